The first-order valence-corrected chi connectivity index (χ1v) is 5.39. The van der Waals surface area contributed by atoms with E-state index in [4.69, 9.17) is 0 Å². The number of rotatable bonds is 1. The summed E-state index contributed by atoms with van der Waals surface area (Å²) in [5.74, 6) is 0. The Morgan fingerprint density at radius 3 is 2.31 bits per heavy atom. The van der Waals surface area contributed by atoms with Crippen LogP contribution in [0.5, 0.6) is 0 Å². The van der Waals surface area contributed by atoms with Gasteiger partial charge in [-0.15, -0.1) is 0 Å². The quantitative estimate of drug-likeness (QED) is 0.667. The van der Waals surface area contributed by atoms with Gasteiger partial charge in [-0.1, -0.05) is 20.8 Å². The molecule has 1 atom stereocenters. The van der Waals surface area contributed by atoms with Crippen LogP contribution in [0.15, 0.2) is 0 Å². The van der Waals surface area contributed by atoms with E-state index in [1.54, 1.807) is 0 Å². The standard InChI is InChI=1S/C11H24N2/c1-9(2)13-7-6-12-8-10(13)11(3,4)5/h9-10,12H,6-8H2,1-5H3/t10-/m1/s1. The monoisotopic (exact) mass is 184 g/mol. The van der Waals surface area contributed by atoms with Gasteiger partial charge in [0.1, 0.15) is 0 Å². The van der Waals surface area contributed by atoms with Gasteiger partial charge >= 0.3 is 0 Å². The number of piperazine rings is 1. The predicted octanol–water partition coefficient (Wildman–Crippen LogP) is 1.71. The second-order valence-electron chi connectivity index (χ2n) is 5.42. The smallest absolute Gasteiger partial charge is 0.0272 e. The molecule has 0 saturated carbocycles. The fourth-order valence-electron chi connectivity index (χ4n) is 2.14. The molecule has 1 aliphatic rings. The third-order valence-electron chi connectivity index (χ3n) is 2.95. The first-order chi connectivity index (χ1) is 5.93. The molecule has 1 saturated heterocycles. The second-order valence-corrected chi connectivity index (χ2v) is 5.42. The van der Waals surface area contributed by atoms with E-state index in [2.05, 4.69) is 44.8 Å². The molecule has 1 aliphatic heterocycles. The highest BCUT2D eigenvalue weighted by Gasteiger charge is 2.33. The minimum Gasteiger partial charge on any atom is -0.314 e. The van der Waals surface area contributed by atoms with Crippen molar-refractivity contribution in [2.45, 2.75) is 46.7 Å². The van der Waals surface area contributed by atoms with Crippen molar-refractivity contribution in [3.8, 4) is 0 Å². The van der Waals surface area contributed by atoms with Gasteiger partial charge < -0.3 is 5.32 Å². The summed E-state index contributed by atoms with van der Waals surface area (Å²) in [6.07, 6.45) is 0. The molecule has 1 rings (SSSR count). The lowest BCUT2D eigenvalue weighted by Gasteiger charge is -2.45. The summed E-state index contributed by atoms with van der Waals surface area (Å²) in [6.45, 7) is 15.1. The van der Waals surface area contributed by atoms with Crippen molar-refractivity contribution in [2.24, 2.45) is 5.41 Å². The first kappa shape index (κ1) is 11.0. The lowest BCUT2D eigenvalue weighted by Crippen LogP contribution is -2.58. The fraction of sp³-hybridized carbons (Fsp3) is 1.00. The highest BCUT2D eigenvalue weighted by Crippen LogP contribution is 2.26. The Balaban J connectivity index is 2.67. The lowest BCUT2D eigenvalue weighted by atomic mass is 9.84. The Hall–Kier alpha value is -0.0800. The Bertz CT molecular complexity index is 158. The zero-order chi connectivity index (χ0) is 10.1. The maximum Gasteiger partial charge on any atom is 0.0272 e. The Kier molecular flexibility index (Phi) is 3.36. The average molecular weight is 184 g/mol. The molecule has 2 heteroatoms. The van der Waals surface area contributed by atoms with Crippen molar-refractivity contribution in [3.63, 3.8) is 0 Å². The SMILES string of the molecule is CC(C)N1CCNC[C@@H]1C(C)(C)C. The largest absolute Gasteiger partial charge is 0.314 e. The minimum absolute atomic E-state index is 0.387. The average Bonchev–Trinajstić information content (AvgIpc) is 2.03. The number of hydrogen-bond donors (Lipinski definition) is 1. The van der Waals surface area contributed by atoms with Crippen LogP contribution in [0.3, 0.4) is 0 Å². The van der Waals surface area contributed by atoms with Crippen LogP contribution < -0.4 is 5.32 Å². The summed E-state index contributed by atoms with van der Waals surface area (Å²) in [5, 5.41) is 3.48. The van der Waals surface area contributed by atoms with E-state index >= 15 is 0 Å². The minimum atomic E-state index is 0.387. The molecule has 13 heavy (non-hydrogen) atoms. The molecule has 1 heterocycles. The van der Waals surface area contributed by atoms with E-state index < -0.39 is 0 Å². The molecule has 1 fully saturated rings. The lowest BCUT2D eigenvalue weighted by molar-refractivity contribution is 0.0498. The fourth-order valence-corrected chi connectivity index (χ4v) is 2.14. The van der Waals surface area contributed by atoms with Crippen LogP contribution in [0.1, 0.15) is 34.6 Å². The summed E-state index contributed by atoms with van der Waals surface area (Å²) in [6, 6.07) is 1.35. The van der Waals surface area contributed by atoms with E-state index in [0.717, 1.165) is 13.1 Å². The highest BCUT2D eigenvalue weighted by molar-refractivity contribution is 4.89. The van der Waals surface area contributed by atoms with Crippen LogP contribution in [0.25, 0.3) is 0 Å². The molecular weight excluding hydrogens is 160 g/mol. The molecule has 1 N–H and O–H groups in total. The van der Waals surface area contributed by atoms with Gasteiger partial charge in [0.05, 0.1) is 0 Å². The molecule has 0 amide bonds. The normalized spacial score (nSPS) is 26.8. The van der Waals surface area contributed by atoms with Gasteiger partial charge in [-0.25, -0.2) is 0 Å². The van der Waals surface area contributed by atoms with Crippen molar-refractivity contribution in [3.05, 3.63) is 0 Å². The van der Waals surface area contributed by atoms with Gasteiger partial charge in [0.15, 0.2) is 0 Å². The number of hydrogen-bond acceptors (Lipinski definition) is 2. The van der Waals surface area contributed by atoms with Crippen LogP contribution in [-0.2, 0) is 0 Å². The summed E-state index contributed by atoms with van der Waals surface area (Å²) in [4.78, 5) is 2.62. The predicted molar refractivity (Wildman–Crippen MR) is 58.0 cm³/mol. The summed E-state index contributed by atoms with van der Waals surface area (Å²) >= 11 is 0. The van der Waals surface area contributed by atoms with Crippen LogP contribution in [0.2, 0.25) is 0 Å². The maximum atomic E-state index is 3.48. The highest BCUT2D eigenvalue weighted by atomic mass is 15.2. The zero-order valence-electron chi connectivity index (χ0n) is 9.72. The van der Waals surface area contributed by atoms with E-state index in [-0.39, 0.29) is 0 Å². The van der Waals surface area contributed by atoms with Crippen LogP contribution in [0.4, 0.5) is 0 Å². The molecule has 0 spiro atoms. The molecule has 0 radical (unpaired) electrons. The summed E-state index contributed by atoms with van der Waals surface area (Å²) in [7, 11) is 0. The summed E-state index contributed by atoms with van der Waals surface area (Å²) < 4.78 is 0. The number of nitrogens with one attached hydrogen (secondary N) is 1. The van der Waals surface area contributed by atoms with Crippen LogP contribution >= 0.6 is 0 Å². The van der Waals surface area contributed by atoms with E-state index in [9.17, 15) is 0 Å². The van der Waals surface area contributed by atoms with Gasteiger partial charge in [-0.05, 0) is 19.3 Å². The molecule has 0 aromatic carbocycles. The van der Waals surface area contributed by atoms with E-state index in [1.165, 1.54) is 6.54 Å². The van der Waals surface area contributed by atoms with E-state index in [1.807, 2.05) is 0 Å². The van der Waals surface area contributed by atoms with Crippen molar-refractivity contribution in [1.29, 1.82) is 0 Å². The second kappa shape index (κ2) is 3.97. The van der Waals surface area contributed by atoms with Gasteiger partial charge in [0, 0.05) is 31.7 Å². The first-order valence-electron chi connectivity index (χ1n) is 5.39. The van der Waals surface area contributed by atoms with Crippen LogP contribution in [0, 0.1) is 5.41 Å². The molecular formula is C11H24N2. The van der Waals surface area contributed by atoms with Gasteiger partial charge in [-0.2, -0.15) is 0 Å². The molecule has 0 unspecified atom stereocenters. The zero-order valence-corrected chi connectivity index (χ0v) is 9.72. The van der Waals surface area contributed by atoms with Crippen LogP contribution in [-0.4, -0.2) is 36.6 Å². The third-order valence-corrected chi connectivity index (χ3v) is 2.95. The van der Waals surface area contributed by atoms with E-state index in [0.29, 0.717) is 17.5 Å². The van der Waals surface area contributed by atoms with Gasteiger partial charge in [-0.3, -0.25) is 4.90 Å². The molecule has 0 aromatic rings. The molecule has 0 bridgehead atoms. The third kappa shape index (κ3) is 2.68. The molecule has 78 valence electrons. The Morgan fingerprint density at radius 2 is 1.92 bits per heavy atom. The van der Waals surface area contributed by atoms with Crippen molar-refractivity contribution >= 4 is 0 Å². The topological polar surface area (TPSA) is 15.3 Å². The number of nitrogens with zero attached hydrogens (tertiary/aromatic N) is 1. The molecule has 0 aromatic heterocycles. The molecule has 0 aliphatic carbocycles. The molecule has 2 nitrogen and oxygen atoms in total. The Morgan fingerprint density at radius 1 is 1.31 bits per heavy atom. The van der Waals surface area contributed by atoms with Crippen molar-refractivity contribution in [2.75, 3.05) is 19.6 Å². The van der Waals surface area contributed by atoms with Gasteiger partial charge in [0.25, 0.3) is 0 Å². The van der Waals surface area contributed by atoms with Crippen molar-refractivity contribution < 1.29 is 0 Å². The maximum absolute atomic E-state index is 3.48. The van der Waals surface area contributed by atoms with Crippen molar-refractivity contribution in [1.82, 2.24) is 10.2 Å². The Labute approximate surface area is 82.7 Å². The van der Waals surface area contributed by atoms with Gasteiger partial charge in [0.2, 0.25) is 0 Å². The summed E-state index contributed by atoms with van der Waals surface area (Å²) in [5.41, 5.74) is 0.387.